The predicted octanol–water partition coefficient (Wildman–Crippen LogP) is 2.30. The first-order chi connectivity index (χ1) is 10.2. The molecule has 1 aliphatic rings. The number of nitrogens with zero attached hydrogens (tertiary/aromatic N) is 1. The van der Waals surface area contributed by atoms with E-state index in [0.29, 0.717) is 18.7 Å². The van der Waals surface area contributed by atoms with Crippen LogP contribution >= 0.6 is 0 Å². The van der Waals surface area contributed by atoms with Crippen molar-refractivity contribution in [3.63, 3.8) is 0 Å². The van der Waals surface area contributed by atoms with E-state index in [9.17, 15) is 14.0 Å². The second-order valence-corrected chi connectivity index (χ2v) is 6.04. The van der Waals surface area contributed by atoms with Crippen LogP contribution < -0.4 is 4.74 Å². The molecule has 1 heterocycles. The Morgan fingerprint density at radius 1 is 1.32 bits per heavy atom. The summed E-state index contributed by atoms with van der Waals surface area (Å²) in [5, 5.41) is 9.14. The summed E-state index contributed by atoms with van der Waals surface area (Å²) >= 11 is 0. The quantitative estimate of drug-likeness (QED) is 0.927. The smallest absolute Gasteiger partial charge is 0.308 e. The fourth-order valence-electron chi connectivity index (χ4n) is 2.74. The Kier molecular flexibility index (Phi) is 4.39. The van der Waals surface area contributed by atoms with Gasteiger partial charge >= 0.3 is 5.97 Å². The molecular formula is C16H20FNO4. The highest BCUT2D eigenvalue weighted by molar-refractivity contribution is 5.86. The van der Waals surface area contributed by atoms with Crippen molar-refractivity contribution in [2.75, 3.05) is 6.54 Å². The van der Waals surface area contributed by atoms with Crippen LogP contribution in [0.4, 0.5) is 4.39 Å². The van der Waals surface area contributed by atoms with Crippen molar-refractivity contribution in [1.82, 2.24) is 4.90 Å². The van der Waals surface area contributed by atoms with Crippen LogP contribution in [0, 0.1) is 11.7 Å². The van der Waals surface area contributed by atoms with Crippen LogP contribution in [0.2, 0.25) is 0 Å². The summed E-state index contributed by atoms with van der Waals surface area (Å²) in [6.45, 7) is 5.38. The maximum atomic E-state index is 12.9. The Morgan fingerprint density at radius 2 is 1.91 bits per heavy atom. The van der Waals surface area contributed by atoms with Crippen LogP contribution in [0.1, 0.15) is 27.2 Å². The lowest BCUT2D eigenvalue weighted by atomic mass is 10.0. The number of aliphatic carboxylic acids is 1. The van der Waals surface area contributed by atoms with Gasteiger partial charge in [-0.2, -0.15) is 0 Å². The number of likely N-dealkylation sites (tertiary alicyclic amines) is 1. The molecule has 22 heavy (non-hydrogen) atoms. The Morgan fingerprint density at radius 3 is 2.41 bits per heavy atom. The molecule has 1 aliphatic heterocycles. The van der Waals surface area contributed by atoms with E-state index in [1.165, 1.54) is 24.3 Å². The van der Waals surface area contributed by atoms with Gasteiger partial charge in [-0.05, 0) is 51.5 Å². The van der Waals surface area contributed by atoms with Crippen molar-refractivity contribution in [3.8, 4) is 5.75 Å². The highest BCUT2D eigenvalue weighted by Crippen LogP contribution is 2.28. The zero-order valence-corrected chi connectivity index (χ0v) is 12.9. The Hall–Kier alpha value is -2.11. The number of carbonyl (C=O) groups excluding carboxylic acids is 1. The minimum absolute atomic E-state index is 0.270. The van der Waals surface area contributed by atoms with E-state index < -0.39 is 17.5 Å². The van der Waals surface area contributed by atoms with Crippen LogP contribution in [-0.2, 0) is 9.59 Å². The fourth-order valence-corrected chi connectivity index (χ4v) is 2.74. The van der Waals surface area contributed by atoms with Crippen LogP contribution in [0.25, 0.3) is 0 Å². The average molecular weight is 309 g/mol. The largest absolute Gasteiger partial charge is 0.481 e. The van der Waals surface area contributed by atoms with Crippen molar-refractivity contribution in [1.29, 1.82) is 0 Å². The Bertz CT molecular complexity index is 570. The standard InChI is InChI=1S/C16H20FNO4/c1-10-13(14(19)20)8-9-18(10)15(21)16(2,3)22-12-6-4-11(17)5-7-12/h4-7,10,13H,8-9H2,1-3H3,(H,19,20). The number of halogens is 1. The molecule has 1 amide bonds. The molecule has 0 saturated carbocycles. The number of rotatable bonds is 4. The van der Waals surface area contributed by atoms with E-state index in [4.69, 9.17) is 9.84 Å². The van der Waals surface area contributed by atoms with Gasteiger partial charge < -0.3 is 14.7 Å². The molecule has 0 aliphatic carbocycles. The van der Waals surface area contributed by atoms with Gasteiger partial charge in [0.25, 0.3) is 5.91 Å². The van der Waals surface area contributed by atoms with Gasteiger partial charge in [0.05, 0.1) is 5.92 Å². The summed E-state index contributed by atoms with van der Waals surface area (Å²) in [6, 6.07) is 5.06. The van der Waals surface area contributed by atoms with E-state index >= 15 is 0 Å². The normalized spacial score (nSPS) is 21.7. The second kappa shape index (κ2) is 5.94. The first-order valence-electron chi connectivity index (χ1n) is 7.21. The Balaban J connectivity index is 2.10. The summed E-state index contributed by atoms with van der Waals surface area (Å²) in [5.41, 5.74) is -1.15. The first kappa shape index (κ1) is 16.3. The van der Waals surface area contributed by atoms with Crippen molar-refractivity contribution in [2.45, 2.75) is 38.8 Å². The molecule has 0 radical (unpaired) electrons. The minimum atomic E-state index is -1.15. The third-order valence-corrected chi connectivity index (χ3v) is 4.03. The van der Waals surface area contributed by atoms with Crippen molar-refractivity contribution in [2.24, 2.45) is 5.92 Å². The summed E-state index contributed by atoms with van der Waals surface area (Å²) in [5.74, 6) is -1.70. The van der Waals surface area contributed by atoms with Crippen LogP contribution in [0.15, 0.2) is 24.3 Å². The van der Waals surface area contributed by atoms with E-state index in [1.807, 2.05) is 0 Å². The van der Waals surface area contributed by atoms with Gasteiger partial charge in [0.15, 0.2) is 5.60 Å². The number of carbonyl (C=O) groups is 2. The highest BCUT2D eigenvalue weighted by atomic mass is 19.1. The lowest BCUT2D eigenvalue weighted by molar-refractivity contribution is -0.148. The van der Waals surface area contributed by atoms with E-state index in [0.717, 1.165) is 0 Å². The molecule has 1 aromatic carbocycles. The van der Waals surface area contributed by atoms with Gasteiger partial charge in [-0.15, -0.1) is 0 Å². The van der Waals surface area contributed by atoms with Gasteiger partial charge in [0, 0.05) is 12.6 Å². The minimum Gasteiger partial charge on any atom is -0.481 e. The molecule has 0 aromatic heterocycles. The number of ether oxygens (including phenoxy) is 1. The van der Waals surface area contributed by atoms with Crippen molar-refractivity contribution in [3.05, 3.63) is 30.1 Å². The van der Waals surface area contributed by atoms with E-state index in [1.54, 1.807) is 25.7 Å². The molecule has 120 valence electrons. The fraction of sp³-hybridized carbons (Fsp3) is 0.500. The Labute approximate surface area is 128 Å². The molecule has 1 saturated heterocycles. The number of amides is 1. The van der Waals surface area contributed by atoms with Crippen LogP contribution in [0.3, 0.4) is 0 Å². The summed E-state index contributed by atoms with van der Waals surface area (Å²) in [7, 11) is 0. The number of benzene rings is 1. The summed E-state index contributed by atoms with van der Waals surface area (Å²) in [4.78, 5) is 25.3. The molecule has 0 bridgehead atoms. The lowest BCUT2D eigenvalue weighted by Gasteiger charge is -2.32. The van der Waals surface area contributed by atoms with Crippen LogP contribution in [0.5, 0.6) is 5.75 Å². The molecular weight excluding hydrogens is 289 g/mol. The van der Waals surface area contributed by atoms with E-state index in [2.05, 4.69) is 0 Å². The third-order valence-electron chi connectivity index (χ3n) is 4.03. The molecule has 1 fully saturated rings. The topological polar surface area (TPSA) is 66.8 Å². The number of carboxylic acids is 1. The zero-order chi connectivity index (χ0) is 16.5. The molecule has 2 atom stereocenters. The molecule has 0 spiro atoms. The number of hydrogen-bond donors (Lipinski definition) is 1. The molecule has 6 heteroatoms. The maximum absolute atomic E-state index is 12.9. The maximum Gasteiger partial charge on any atom is 0.308 e. The molecule has 2 rings (SSSR count). The predicted molar refractivity (Wildman–Crippen MR) is 78.0 cm³/mol. The average Bonchev–Trinajstić information content (AvgIpc) is 2.82. The summed E-state index contributed by atoms with van der Waals surface area (Å²) in [6.07, 6.45) is 0.439. The number of hydrogen-bond acceptors (Lipinski definition) is 3. The van der Waals surface area contributed by atoms with Crippen LogP contribution in [-0.4, -0.2) is 40.1 Å². The SMILES string of the molecule is CC1C(C(=O)O)CCN1C(=O)C(C)(C)Oc1ccc(F)cc1. The van der Waals surface area contributed by atoms with Crippen molar-refractivity contribution < 1.29 is 23.8 Å². The van der Waals surface area contributed by atoms with E-state index in [-0.39, 0.29) is 17.8 Å². The third kappa shape index (κ3) is 3.21. The van der Waals surface area contributed by atoms with Gasteiger partial charge in [-0.1, -0.05) is 0 Å². The van der Waals surface area contributed by atoms with Crippen molar-refractivity contribution >= 4 is 11.9 Å². The first-order valence-corrected chi connectivity index (χ1v) is 7.21. The van der Waals surface area contributed by atoms with Gasteiger partial charge in [0.2, 0.25) is 0 Å². The molecule has 1 N–H and O–H groups in total. The molecule has 5 nitrogen and oxygen atoms in total. The monoisotopic (exact) mass is 309 g/mol. The zero-order valence-electron chi connectivity index (χ0n) is 12.9. The second-order valence-electron chi connectivity index (χ2n) is 6.04. The molecule has 1 aromatic rings. The molecule has 2 unspecified atom stereocenters. The summed E-state index contributed by atoms with van der Waals surface area (Å²) < 4.78 is 18.6. The van der Waals surface area contributed by atoms with Gasteiger partial charge in [-0.3, -0.25) is 9.59 Å². The van der Waals surface area contributed by atoms with Gasteiger partial charge in [0.1, 0.15) is 11.6 Å². The van der Waals surface area contributed by atoms with Gasteiger partial charge in [-0.25, -0.2) is 4.39 Å². The lowest BCUT2D eigenvalue weighted by Crippen LogP contribution is -2.51. The number of carboxylic acid groups (broad SMARTS) is 1. The highest BCUT2D eigenvalue weighted by Gasteiger charge is 2.43.